The lowest BCUT2D eigenvalue weighted by atomic mass is 10.0. The molecule has 0 amide bonds. The summed E-state index contributed by atoms with van der Waals surface area (Å²) in [4.78, 5) is 6.70. The second kappa shape index (κ2) is 8.17. The third-order valence-electron chi connectivity index (χ3n) is 5.42. The molecule has 2 atom stereocenters. The molecule has 1 fully saturated rings. The number of aryl methyl sites for hydroxylation is 1. The summed E-state index contributed by atoms with van der Waals surface area (Å²) in [5.41, 5.74) is 4.07. The van der Waals surface area contributed by atoms with E-state index in [-0.39, 0.29) is 12.1 Å². The highest BCUT2D eigenvalue weighted by atomic mass is 35.5. The summed E-state index contributed by atoms with van der Waals surface area (Å²) < 4.78 is 6.36. The van der Waals surface area contributed by atoms with E-state index in [1.54, 1.807) is 6.20 Å². The Kier molecular flexibility index (Phi) is 5.22. The third-order valence-corrected chi connectivity index (χ3v) is 5.99. The van der Waals surface area contributed by atoms with Crippen molar-refractivity contribution in [2.45, 2.75) is 19.0 Å². The van der Waals surface area contributed by atoms with E-state index >= 15 is 0 Å². The van der Waals surface area contributed by atoms with Gasteiger partial charge in [-0.1, -0.05) is 29.8 Å². The number of furan rings is 1. The van der Waals surface area contributed by atoms with Gasteiger partial charge in [-0.05, 0) is 85.4 Å². The molecule has 2 aromatic heterocycles. The molecular formula is C25H20ClN3OS. The van der Waals surface area contributed by atoms with E-state index in [1.807, 2.05) is 60.7 Å². The first kappa shape index (κ1) is 19.8. The normalized spacial score (nSPS) is 18.3. The molecule has 4 nitrogen and oxygen atoms in total. The Morgan fingerprint density at radius 1 is 1.00 bits per heavy atom. The number of halogens is 1. The number of nitrogens with one attached hydrogen (secondary N) is 1. The van der Waals surface area contributed by atoms with Crippen LogP contribution in [0, 0.1) is 6.92 Å². The Morgan fingerprint density at radius 2 is 1.84 bits per heavy atom. The van der Waals surface area contributed by atoms with Crippen molar-refractivity contribution < 1.29 is 4.42 Å². The summed E-state index contributed by atoms with van der Waals surface area (Å²) in [7, 11) is 0. The molecule has 0 radical (unpaired) electrons. The number of benzene rings is 2. The van der Waals surface area contributed by atoms with Crippen molar-refractivity contribution in [1.29, 1.82) is 0 Å². The Balaban J connectivity index is 1.60. The first-order chi connectivity index (χ1) is 15.1. The van der Waals surface area contributed by atoms with Crippen LogP contribution in [0.5, 0.6) is 0 Å². The van der Waals surface area contributed by atoms with E-state index in [9.17, 15) is 0 Å². The fraction of sp³-hybridized carbons (Fsp3) is 0.120. The fourth-order valence-corrected chi connectivity index (χ4v) is 4.45. The van der Waals surface area contributed by atoms with Gasteiger partial charge in [0.05, 0.1) is 11.7 Å². The van der Waals surface area contributed by atoms with Crippen LogP contribution in [0.2, 0.25) is 5.02 Å². The van der Waals surface area contributed by atoms with Crippen LogP contribution in [0.15, 0.2) is 89.5 Å². The minimum Gasteiger partial charge on any atom is -0.459 e. The molecule has 3 heterocycles. The van der Waals surface area contributed by atoms with Crippen molar-refractivity contribution >= 4 is 34.6 Å². The van der Waals surface area contributed by atoms with E-state index in [2.05, 4.69) is 40.3 Å². The molecule has 2 aromatic carbocycles. The molecule has 1 aliphatic heterocycles. The van der Waals surface area contributed by atoms with Crippen LogP contribution in [0.25, 0.3) is 11.3 Å². The Labute approximate surface area is 191 Å². The predicted octanol–water partition coefficient (Wildman–Crippen LogP) is 6.48. The van der Waals surface area contributed by atoms with Crippen molar-refractivity contribution in [1.82, 2.24) is 10.3 Å². The van der Waals surface area contributed by atoms with Crippen molar-refractivity contribution in [2.75, 3.05) is 4.90 Å². The summed E-state index contributed by atoms with van der Waals surface area (Å²) >= 11 is 11.8. The lowest BCUT2D eigenvalue weighted by Gasteiger charge is -2.26. The SMILES string of the molecule is Cc1cccc(N2C(=S)N[C@@H](c3ccccn3)[C@H]2c2ccc(-c3ccc(Cl)cc3)o2)c1. The van der Waals surface area contributed by atoms with Gasteiger partial charge in [-0.3, -0.25) is 4.98 Å². The Morgan fingerprint density at radius 3 is 2.58 bits per heavy atom. The minimum atomic E-state index is -0.176. The van der Waals surface area contributed by atoms with Crippen LogP contribution < -0.4 is 10.2 Å². The molecule has 0 bridgehead atoms. The first-order valence-electron chi connectivity index (χ1n) is 10.0. The second-order valence-corrected chi connectivity index (χ2v) is 8.37. The second-order valence-electron chi connectivity index (χ2n) is 7.54. The molecule has 1 N–H and O–H groups in total. The van der Waals surface area contributed by atoms with Gasteiger partial charge in [0, 0.05) is 22.5 Å². The number of thiocarbonyl (C=S) groups is 1. The van der Waals surface area contributed by atoms with Crippen molar-refractivity contribution in [3.05, 3.63) is 107 Å². The van der Waals surface area contributed by atoms with Gasteiger partial charge in [-0.15, -0.1) is 0 Å². The van der Waals surface area contributed by atoms with Gasteiger partial charge in [-0.25, -0.2) is 0 Å². The standard InChI is InChI=1S/C25H20ClN3OS/c1-16-5-4-6-19(15-16)29-24(23(28-25(29)31)20-7-2-3-14-27-20)22-13-12-21(30-22)17-8-10-18(26)11-9-17/h2-15,23-24H,1H3,(H,28,31)/t23-,24+/m0/s1. The van der Waals surface area contributed by atoms with Crippen LogP contribution in [0.3, 0.4) is 0 Å². The molecule has 6 heteroatoms. The fourth-order valence-electron chi connectivity index (χ4n) is 3.98. The van der Waals surface area contributed by atoms with Gasteiger partial charge < -0.3 is 14.6 Å². The highest BCUT2D eigenvalue weighted by molar-refractivity contribution is 7.80. The van der Waals surface area contributed by atoms with E-state index in [1.165, 1.54) is 5.56 Å². The van der Waals surface area contributed by atoms with Gasteiger partial charge in [0.15, 0.2) is 5.11 Å². The molecule has 31 heavy (non-hydrogen) atoms. The minimum absolute atomic E-state index is 0.140. The lowest BCUT2D eigenvalue weighted by molar-refractivity contribution is 0.439. The van der Waals surface area contributed by atoms with Crippen LogP contribution in [0.4, 0.5) is 5.69 Å². The largest absolute Gasteiger partial charge is 0.459 e. The quantitative estimate of drug-likeness (QED) is 0.364. The van der Waals surface area contributed by atoms with Crippen molar-refractivity contribution in [2.24, 2.45) is 0 Å². The topological polar surface area (TPSA) is 41.3 Å². The average Bonchev–Trinajstić information content (AvgIpc) is 3.39. The maximum atomic E-state index is 6.36. The van der Waals surface area contributed by atoms with E-state index < -0.39 is 0 Å². The average molecular weight is 446 g/mol. The Bertz CT molecular complexity index is 1220. The molecule has 0 saturated carbocycles. The van der Waals surface area contributed by atoms with E-state index in [0.29, 0.717) is 10.1 Å². The molecule has 154 valence electrons. The van der Waals surface area contributed by atoms with Gasteiger partial charge >= 0.3 is 0 Å². The van der Waals surface area contributed by atoms with E-state index in [4.69, 9.17) is 28.2 Å². The zero-order valence-corrected chi connectivity index (χ0v) is 18.4. The smallest absolute Gasteiger partial charge is 0.174 e. The summed E-state index contributed by atoms with van der Waals surface area (Å²) in [5.74, 6) is 1.60. The zero-order valence-electron chi connectivity index (χ0n) is 16.8. The molecule has 0 unspecified atom stereocenters. The molecule has 5 rings (SSSR count). The van der Waals surface area contributed by atoms with Crippen LogP contribution >= 0.6 is 23.8 Å². The van der Waals surface area contributed by atoms with Gasteiger partial charge in [0.2, 0.25) is 0 Å². The number of anilines is 1. The van der Waals surface area contributed by atoms with Crippen LogP contribution in [-0.2, 0) is 0 Å². The highest BCUT2D eigenvalue weighted by Crippen LogP contribution is 2.43. The number of rotatable bonds is 4. The molecule has 0 aliphatic carbocycles. The monoisotopic (exact) mass is 445 g/mol. The lowest BCUT2D eigenvalue weighted by Crippen LogP contribution is -2.29. The van der Waals surface area contributed by atoms with Crippen LogP contribution in [-0.4, -0.2) is 10.1 Å². The number of hydrogen-bond acceptors (Lipinski definition) is 3. The molecule has 0 spiro atoms. The summed E-state index contributed by atoms with van der Waals surface area (Å²) in [6.45, 7) is 2.08. The highest BCUT2D eigenvalue weighted by Gasteiger charge is 2.42. The van der Waals surface area contributed by atoms with Crippen molar-refractivity contribution in [3.8, 4) is 11.3 Å². The summed E-state index contributed by atoms with van der Waals surface area (Å²) in [6, 6.07) is 25.5. The predicted molar refractivity (Wildman–Crippen MR) is 128 cm³/mol. The van der Waals surface area contributed by atoms with Crippen LogP contribution in [0.1, 0.15) is 29.1 Å². The zero-order chi connectivity index (χ0) is 21.4. The van der Waals surface area contributed by atoms with E-state index in [0.717, 1.165) is 28.5 Å². The number of pyridine rings is 1. The third kappa shape index (κ3) is 3.82. The van der Waals surface area contributed by atoms with Gasteiger partial charge in [0.1, 0.15) is 17.6 Å². The molecule has 4 aromatic rings. The molecular weight excluding hydrogens is 426 g/mol. The summed E-state index contributed by atoms with van der Waals surface area (Å²) in [5, 5.41) is 4.81. The van der Waals surface area contributed by atoms with Gasteiger partial charge in [-0.2, -0.15) is 0 Å². The number of nitrogens with zero attached hydrogens (tertiary/aromatic N) is 2. The Hall–Kier alpha value is -3.15. The number of hydrogen-bond donors (Lipinski definition) is 1. The molecule has 1 aliphatic rings. The maximum Gasteiger partial charge on any atom is 0.174 e. The number of aromatic nitrogens is 1. The first-order valence-corrected chi connectivity index (χ1v) is 10.8. The van der Waals surface area contributed by atoms with Crippen molar-refractivity contribution in [3.63, 3.8) is 0 Å². The molecule has 1 saturated heterocycles. The summed E-state index contributed by atoms with van der Waals surface area (Å²) in [6.07, 6.45) is 1.80. The van der Waals surface area contributed by atoms with Gasteiger partial charge in [0.25, 0.3) is 0 Å². The maximum absolute atomic E-state index is 6.36.